The third-order valence-electron chi connectivity index (χ3n) is 3.02. The van der Waals surface area contributed by atoms with Gasteiger partial charge in [-0.2, -0.15) is 0 Å². The summed E-state index contributed by atoms with van der Waals surface area (Å²) in [5.41, 5.74) is 2.74. The van der Waals surface area contributed by atoms with Crippen LogP contribution in [0.25, 0.3) is 0 Å². The summed E-state index contributed by atoms with van der Waals surface area (Å²) < 4.78 is 0.825. The van der Waals surface area contributed by atoms with Gasteiger partial charge in [-0.3, -0.25) is 4.79 Å². The van der Waals surface area contributed by atoms with Gasteiger partial charge < -0.3 is 10.6 Å². The van der Waals surface area contributed by atoms with Crippen LogP contribution in [-0.4, -0.2) is 11.9 Å². The molecular formula is C16H16BrClN2O. The summed E-state index contributed by atoms with van der Waals surface area (Å²) in [6.07, 6.45) is 0. The standard InChI is InChI=1S/C16H16BrClN2O/c1-10-3-5-12(6-4-10)20-16(21)11(2)19-13-7-8-14(17)15(18)9-13/h3-9,11,19H,1-2H3,(H,20,21). The Morgan fingerprint density at radius 1 is 1.14 bits per heavy atom. The van der Waals surface area contributed by atoms with E-state index in [1.54, 1.807) is 13.0 Å². The summed E-state index contributed by atoms with van der Waals surface area (Å²) >= 11 is 9.37. The Morgan fingerprint density at radius 3 is 2.38 bits per heavy atom. The lowest BCUT2D eigenvalue weighted by Gasteiger charge is -2.16. The van der Waals surface area contributed by atoms with Crippen molar-refractivity contribution in [2.45, 2.75) is 19.9 Å². The number of nitrogens with one attached hydrogen (secondary N) is 2. The van der Waals surface area contributed by atoms with Crippen molar-refractivity contribution in [2.24, 2.45) is 0 Å². The third kappa shape index (κ3) is 4.48. The Kier molecular flexibility index (Phi) is 5.26. The van der Waals surface area contributed by atoms with Gasteiger partial charge in [-0.15, -0.1) is 0 Å². The topological polar surface area (TPSA) is 41.1 Å². The Labute approximate surface area is 137 Å². The monoisotopic (exact) mass is 366 g/mol. The fraction of sp³-hybridized carbons (Fsp3) is 0.188. The number of amides is 1. The fourth-order valence-electron chi connectivity index (χ4n) is 1.79. The molecule has 0 radical (unpaired) electrons. The molecule has 0 heterocycles. The highest BCUT2D eigenvalue weighted by Crippen LogP contribution is 2.25. The van der Waals surface area contributed by atoms with Crippen molar-refractivity contribution in [3.05, 3.63) is 57.5 Å². The van der Waals surface area contributed by atoms with Crippen molar-refractivity contribution in [2.75, 3.05) is 10.6 Å². The number of rotatable bonds is 4. The lowest BCUT2D eigenvalue weighted by molar-refractivity contribution is -0.116. The van der Waals surface area contributed by atoms with Crippen LogP contribution in [0.1, 0.15) is 12.5 Å². The molecule has 21 heavy (non-hydrogen) atoms. The number of benzene rings is 2. The maximum atomic E-state index is 12.1. The smallest absolute Gasteiger partial charge is 0.246 e. The lowest BCUT2D eigenvalue weighted by atomic mass is 10.2. The number of hydrogen-bond donors (Lipinski definition) is 2. The molecule has 2 aromatic carbocycles. The number of anilines is 2. The predicted molar refractivity (Wildman–Crippen MR) is 92.0 cm³/mol. The molecule has 2 rings (SSSR count). The molecule has 1 unspecified atom stereocenters. The molecule has 2 aromatic rings. The molecule has 0 aliphatic carbocycles. The number of carbonyl (C=O) groups excluding carboxylic acids is 1. The zero-order chi connectivity index (χ0) is 15.4. The quantitative estimate of drug-likeness (QED) is 0.811. The summed E-state index contributed by atoms with van der Waals surface area (Å²) in [7, 11) is 0. The molecule has 0 aliphatic rings. The first kappa shape index (κ1) is 15.9. The maximum Gasteiger partial charge on any atom is 0.246 e. The molecule has 0 aromatic heterocycles. The first-order chi connectivity index (χ1) is 9.95. The molecule has 0 saturated heterocycles. The van der Waals surface area contributed by atoms with E-state index in [1.165, 1.54) is 0 Å². The van der Waals surface area contributed by atoms with Crippen LogP contribution < -0.4 is 10.6 Å². The molecule has 0 spiro atoms. The van der Waals surface area contributed by atoms with Crippen molar-refractivity contribution < 1.29 is 4.79 Å². The van der Waals surface area contributed by atoms with E-state index in [4.69, 9.17) is 11.6 Å². The molecule has 0 aliphatic heterocycles. The third-order valence-corrected chi connectivity index (χ3v) is 4.25. The van der Waals surface area contributed by atoms with Crippen LogP contribution in [0.4, 0.5) is 11.4 Å². The summed E-state index contributed by atoms with van der Waals surface area (Å²) in [6.45, 7) is 3.81. The van der Waals surface area contributed by atoms with Gasteiger partial charge in [0.15, 0.2) is 0 Å². The van der Waals surface area contributed by atoms with Gasteiger partial charge in [0, 0.05) is 15.8 Å². The summed E-state index contributed by atoms with van der Waals surface area (Å²) in [4.78, 5) is 12.1. The maximum absolute atomic E-state index is 12.1. The van der Waals surface area contributed by atoms with E-state index in [1.807, 2.05) is 43.3 Å². The first-order valence-corrected chi connectivity index (χ1v) is 7.72. The Balaban J connectivity index is 1.98. The predicted octanol–water partition coefficient (Wildman–Crippen LogP) is 4.85. The Hall–Kier alpha value is -1.52. The van der Waals surface area contributed by atoms with Crippen LogP contribution in [0.15, 0.2) is 46.9 Å². The van der Waals surface area contributed by atoms with Crippen molar-refractivity contribution in [3.8, 4) is 0 Å². The number of carbonyl (C=O) groups is 1. The van der Waals surface area contributed by atoms with E-state index in [9.17, 15) is 4.79 Å². The van der Waals surface area contributed by atoms with Gasteiger partial charge in [-0.1, -0.05) is 29.3 Å². The minimum absolute atomic E-state index is 0.0992. The van der Waals surface area contributed by atoms with Crippen LogP contribution in [0.5, 0.6) is 0 Å². The van der Waals surface area contributed by atoms with Crippen LogP contribution in [-0.2, 0) is 4.79 Å². The van der Waals surface area contributed by atoms with Gasteiger partial charge in [-0.05, 0) is 60.1 Å². The summed E-state index contributed by atoms with van der Waals surface area (Å²) in [5, 5.41) is 6.60. The SMILES string of the molecule is Cc1ccc(NC(=O)C(C)Nc2ccc(Br)c(Cl)c2)cc1. The molecule has 2 N–H and O–H groups in total. The average Bonchev–Trinajstić information content (AvgIpc) is 2.45. The van der Waals surface area contributed by atoms with Crippen molar-refractivity contribution in [1.82, 2.24) is 0 Å². The summed E-state index contributed by atoms with van der Waals surface area (Å²) in [6, 6.07) is 12.8. The number of aryl methyl sites for hydroxylation is 1. The molecule has 0 saturated carbocycles. The highest BCUT2D eigenvalue weighted by atomic mass is 79.9. The van der Waals surface area contributed by atoms with Crippen molar-refractivity contribution in [1.29, 1.82) is 0 Å². The normalized spacial score (nSPS) is 11.8. The molecule has 110 valence electrons. The van der Waals surface area contributed by atoms with Gasteiger partial charge in [-0.25, -0.2) is 0 Å². The van der Waals surface area contributed by atoms with Crippen molar-refractivity contribution in [3.63, 3.8) is 0 Å². The minimum Gasteiger partial charge on any atom is -0.374 e. The van der Waals surface area contributed by atoms with Crippen LogP contribution in [0, 0.1) is 6.92 Å². The lowest BCUT2D eigenvalue weighted by Crippen LogP contribution is -2.31. The average molecular weight is 368 g/mol. The van der Waals surface area contributed by atoms with Gasteiger partial charge in [0.25, 0.3) is 0 Å². The molecule has 5 heteroatoms. The van der Waals surface area contributed by atoms with E-state index in [0.29, 0.717) is 5.02 Å². The molecule has 1 amide bonds. The second kappa shape index (κ2) is 6.96. The van der Waals surface area contributed by atoms with E-state index in [-0.39, 0.29) is 11.9 Å². The molecule has 0 fully saturated rings. The zero-order valence-corrected chi connectivity index (χ0v) is 14.1. The van der Waals surface area contributed by atoms with Crippen LogP contribution in [0.3, 0.4) is 0 Å². The molecular weight excluding hydrogens is 352 g/mol. The van der Waals surface area contributed by atoms with Crippen molar-refractivity contribution >= 4 is 44.8 Å². The van der Waals surface area contributed by atoms with Gasteiger partial charge in [0.1, 0.15) is 6.04 Å². The number of hydrogen-bond acceptors (Lipinski definition) is 2. The van der Waals surface area contributed by atoms with Gasteiger partial charge in [0.05, 0.1) is 5.02 Å². The van der Waals surface area contributed by atoms with Crippen LogP contribution in [0.2, 0.25) is 5.02 Å². The van der Waals surface area contributed by atoms with E-state index >= 15 is 0 Å². The molecule has 1 atom stereocenters. The second-order valence-corrected chi connectivity index (χ2v) is 6.11. The highest BCUT2D eigenvalue weighted by molar-refractivity contribution is 9.10. The number of halogens is 2. The van der Waals surface area contributed by atoms with E-state index < -0.39 is 0 Å². The minimum atomic E-state index is -0.372. The second-order valence-electron chi connectivity index (χ2n) is 4.85. The summed E-state index contributed by atoms with van der Waals surface area (Å²) in [5.74, 6) is -0.0992. The Morgan fingerprint density at radius 2 is 1.76 bits per heavy atom. The first-order valence-electron chi connectivity index (χ1n) is 6.55. The zero-order valence-electron chi connectivity index (χ0n) is 11.8. The fourth-order valence-corrected chi connectivity index (χ4v) is 2.22. The Bertz CT molecular complexity index is 643. The molecule has 0 bridgehead atoms. The van der Waals surface area contributed by atoms with E-state index in [2.05, 4.69) is 26.6 Å². The van der Waals surface area contributed by atoms with E-state index in [0.717, 1.165) is 21.4 Å². The largest absolute Gasteiger partial charge is 0.374 e. The van der Waals surface area contributed by atoms with Gasteiger partial charge in [0.2, 0.25) is 5.91 Å². The molecule has 3 nitrogen and oxygen atoms in total. The van der Waals surface area contributed by atoms with Gasteiger partial charge >= 0.3 is 0 Å². The highest BCUT2D eigenvalue weighted by Gasteiger charge is 2.13. The van der Waals surface area contributed by atoms with Crippen LogP contribution >= 0.6 is 27.5 Å².